The molecule has 0 radical (unpaired) electrons. The maximum atomic E-state index is 2.24. The van der Waals surface area contributed by atoms with Crippen LogP contribution >= 0.6 is 0 Å². The Labute approximate surface area is 64.7 Å². The molecule has 0 spiro atoms. The van der Waals surface area contributed by atoms with Gasteiger partial charge in [0, 0.05) is 13.6 Å². The Morgan fingerprint density at radius 3 is 2.60 bits per heavy atom. The van der Waals surface area contributed by atoms with Gasteiger partial charge in [-0.2, -0.15) is 0 Å². The van der Waals surface area contributed by atoms with Crippen molar-refractivity contribution in [1.29, 1.82) is 0 Å². The van der Waals surface area contributed by atoms with Crippen LogP contribution in [-0.4, -0.2) is 18.5 Å². The molecular weight excluding hydrogens is 122 g/mol. The second-order valence-corrected chi connectivity index (χ2v) is 2.36. The van der Waals surface area contributed by atoms with E-state index in [9.17, 15) is 0 Å². The molecule has 1 heteroatoms. The molecule has 1 aliphatic heterocycles. The molecule has 0 aromatic heterocycles. The average Bonchev–Trinajstić information content (AvgIpc) is 2.21. The van der Waals surface area contributed by atoms with Gasteiger partial charge in [0.05, 0.1) is 0 Å². The van der Waals surface area contributed by atoms with E-state index in [-0.39, 0.29) is 0 Å². The molecule has 0 aromatic rings. The minimum absolute atomic E-state index is 1.23. The highest BCUT2D eigenvalue weighted by Gasteiger charge is 1.94. The highest BCUT2D eigenvalue weighted by Crippen LogP contribution is 2.03. The molecule has 60 valence electrons. The zero-order valence-corrected chi connectivity index (χ0v) is 7.43. The molecule has 0 aromatic carbocycles. The molecule has 1 nitrogen and oxygen atoms in total. The van der Waals surface area contributed by atoms with E-state index >= 15 is 0 Å². The summed E-state index contributed by atoms with van der Waals surface area (Å²) in [6, 6.07) is 0. The molecule has 0 bridgehead atoms. The summed E-state index contributed by atoms with van der Waals surface area (Å²) in [5.41, 5.74) is 0. The molecule has 0 N–H and O–H groups in total. The molecule has 10 heavy (non-hydrogen) atoms. The Morgan fingerprint density at radius 2 is 1.90 bits per heavy atom. The fourth-order valence-corrected chi connectivity index (χ4v) is 0.952. The van der Waals surface area contributed by atoms with Crippen molar-refractivity contribution in [2.24, 2.45) is 0 Å². The molecule has 1 heterocycles. The van der Waals surface area contributed by atoms with Crippen LogP contribution in [0, 0.1) is 0 Å². The summed E-state index contributed by atoms with van der Waals surface area (Å²) < 4.78 is 0. The van der Waals surface area contributed by atoms with Gasteiger partial charge >= 0.3 is 0 Å². The number of nitrogens with zero attached hydrogens (tertiary/aromatic N) is 1. The lowest BCUT2D eigenvalue weighted by atomic mass is 10.2. The van der Waals surface area contributed by atoms with Gasteiger partial charge in [-0.25, -0.2) is 0 Å². The zero-order chi connectivity index (χ0) is 7.82. The standard InChI is InChI=1S/C7H13N.C2H6/c1-8-6-4-2-3-5-7-8;1-2/h4,6H,2-3,5,7H2,1H3;1-2H3. The summed E-state index contributed by atoms with van der Waals surface area (Å²) >= 11 is 0. The third-order valence-electron chi connectivity index (χ3n) is 1.49. The quantitative estimate of drug-likeness (QED) is 0.501. The van der Waals surface area contributed by atoms with Crippen LogP contribution in [0.4, 0.5) is 0 Å². The van der Waals surface area contributed by atoms with Crippen LogP contribution in [0.25, 0.3) is 0 Å². The SMILES string of the molecule is CC.CN1C=CCCCC1. The van der Waals surface area contributed by atoms with Crippen molar-refractivity contribution in [3.63, 3.8) is 0 Å². The van der Waals surface area contributed by atoms with Crippen molar-refractivity contribution in [3.05, 3.63) is 12.3 Å². The Hall–Kier alpha value is -0.460. The number of rotatable bonds is 0. The van der Waals surface area contributed by atoms with Crippen LogP contribution in [-0.2, 0) is 0 Å². The zero-order valence-electron chi connectivity index (χ0n) is 7.43. The lowest BCUT2D eigenvalue weighted by Gasteiger charge is -2.09. The Morgan fingerprint density at radius 1 is 1.20 bits per heavy atom. The summed E-state index contributed by atoms with van der Waals surface area (Å²) in [6.45, 7) is 5.23. The van der Waals surface area contributed by atoms with E-state index < -0.39 is 0 Å². The lowest BCUT2D eigenvalue weighted by molar-refractivity contribution is 0.450. The molecule has 0 amide bonds. The Bertz CT molecular complexity index is 86.7. The fourth-order valence-electron chi connectivity index (χ4n) is 0.952. The highest BCUT2D eigenvalue weighted by atomic mass is 15.1. The van der Waals surface area contributed by atoms with Crippen molar-refractivity contribution < 1.29 is 0 Å². The number of allylic oxidation sites excluding steroid dienone is 1. The minimum atomic E-state index is 1.23. The van der Waals surface area contributed by atoms with Gasteiger partial charge in [-0.3, -0.25) is 0 Å². The Kier molecular flexibility index (Phi) is 6.35. The molecule has 0 fully saturated rings. The molecule has 0 unspecified atom stereocenters. The van der Waals surface area contributed by atoms with Crippen molar-refractivity contribution in [2.75, 3.05) is 13.6 Å². The van der Waals surface area contributed by atoms with Gasteiger partial charge in [-0.05, 0) is 25.5 Å². The summed E-state index contributed by atoms with van der Waals surface area (Å²) in [5.74, 6) is 0. The van der Waals surface area contributed by atoms with Gasteiger partial charge < -0.3 is 4.90 Å². The highest BCUT2D eigenvalue weighted by molar-refractivity contribution is 4.83. The maximum absolute atomic E-state index is 2.24. The topological polar surface area (TPSA) is 3.24 Å². The minimum Gasteiger partial charge on any atom is -0.381 e. The van der Waals surface area contributed by atoms with E-state index in [4.69, 9.17) is 0 Å². The van der Waals surface area contributed by atoms with Crippen molar-refractivity contribution in [3.8, 4) is 0 Å². The van der Waals surface area contributed by atoms with Crippen LogP contribution in [0.15, 0.2) is 12.3 Å². The van der Waals surface area contributed by atoms with E-state index in [0.29, 0.717) is 0 Å². The fraction of sp³-hybridized carbons (Fsp3) is 0.778. The van der Waals surface area contributed by atoms with Gasteiger partial charge in [-0.1, -0.05) is 19.9 Å². The predicted molar refractivity (Wildman–Crippen MR) is 47.0 cm³/mol. The smallest absolute Gasteiger partial charge is 0.0169 e. The second kappa shape index (κ2) is 6.66. The summed E-state index contributed by atoms with van der Waals surface area (Å²) in [4.78, 5) is 2.24. The summed E-state index contributed by atoms with van der Waals surface area (Å²) in [7, 11) is 2.13. The van der Waals surface area contributed by atoms with Crippen LogP contribution in [0.2, 0.25) is 0 Å². The van der Waals surface area contributed by atoms with Crippen LogP contribution in [0.1, 0.15) is 33.1 Å². The largest absolute Gasteiger partial charge is 0.381 e. The van der Waals surface area contributed by atoms with E-state index in [1.165, 1.54) is 25.8 Å². The summed E-state index contributed by atoms with van der Waals surface area (Å²) in [5, 5.41) is 0. The van der Waals surface area contributed by atoms with E-state index in [0.717, 1.165) is 0 Å². The predicted octanol–water partition coefficient (Wildman–Crippen LogP) is 2.64. The first kappa shape index (κ1) is 9.54. The van der Waals surface area contributed by atoms with E-state index in [1.807, 2.05) is 13.8 Å². The van der Waals surface area contributed by atoms with Crippen LogP contribution in [0.5, 0.6) is 0 Å². The van der Waals surface area contributed by atoms with Gasteiger partial charge in [0.25, 0.3) is 0 Å². The lowest BCUT2D eigenvalue weighted by Crippen LogP contribution is -2.09. The number of hydrogen-bond acceptors (Lipinski definition) is 1. The van der Waals surface area contributed by atoms with Crippen molar-refractivity contribution in [1.82, 2.24) is 4.90 Å². The molecule has 1 aliphatic rings. The first-order valence-electron chi connectivity index (χ1n) is 4.26. The van der Waals surface area contributed by atoms with Crippen LogP contribution < -0.4 is 0 Å². The maximum Gasteiger partial charge on any atom is 0.0169 e. The first-order chi connectivity index (χ1) is 4.89. The average molecular weight is 141 g/mol. The van der Waals surface area contributed by atoms with Gasteiger partial charge in [-0.15, -0.1) is 0 Å². The third-order valence-corrected chi connectivity index (χ3v) is 1.49. The number of hydrogen-bond donors (Lipinski definition) is 0. The molecule has 1 rings (SSSR count). The monoisotopic (exact) mass is 141 g/mol. The second-order valence-electron chi connectivity index (χ2n) is 2.36. The normalized spacial score (nSPS) is 17.3. The molecule has 0 aliphatic carbocycles. The van der Waals surface area contributed by atoms with Gasteiger partial charge in [0.1, 0.15) is 0 Å². The first-order valence-corrected chi connectivity index (χ1v) is 4.26. The molecular formula is C9H19N. The van der Waals surface area contributed by atoms with Gasteiger partial charge in [0.15, 0.2) is 0 Å². The molecule has 0 atom stereocenters. The third kappa shape index (κ3) is 4.42. The van der Waals surface area contributed by atoms with E-state index in [2.05, 4.69) is 24.2 Å². The molecule has 0 saturated carbocycles. The van der Waals surface area contributed by atoms with Crippen molar-refractivity contribution in [2.45, 2.75) is 33.1 Å². The summed E-state index contributed by atoms with van der Waals surface area (Å²) in [6.07, 6.45) is 8.40. The van der Waals surface area contributed by atoms with Gasteiger partial charge in [0.2, 0.25) is 0 Å². The van der Waals surface area contributed by atoms with Crippen LogP contribution in [0.3, 0.4) is 0 Å². The van der Waals surface area contributed by atoms with Crippen molar-refractivity contribution >= 4 is 0 Å². The molecule has 0 saturated heterocycles. The van der Waals surface area contributed by atoms with E-state index in [1.54, 1.807) is 0 Å². The Balaban J connectivity index is 0.000000371.